The predicted octanol–water partition coefficient (Wildman–Crippen LogP) is 2.88. The Kier molecular flexibility index (Phi) is 9.14. The molecular weight excluding hydrogens is 489 g/mol. The van der Waals surface area contributed by atoms with Gasteiger partial charge < -0.3 is 20.4 Å². The minimum Gasteiger partial charge on any atom is -0.368 e. The number of benzene rings is 1. The van der Waals surface area contributed by atoms with E-state index in [2.05, 4.69) is 40.3 Å². The standard InChI is InChI=1S/C20H30ClN5O.HI/c1-3-22-20(24-9-8-23-19(27)16-5-6-16)26-12-10-25(11-13-26)18-14-17(21)7-4-15(18)2;/h4,7,14,16H,3,5-6,8-13H2,1-2H3,(H,22,24)(H,23,27);1H. The third kappa shape index (κ3) is 6.40. The number of nitrogens with one attached hydrogen (secondary N) is 2. The number of anilines is 1. The van der Waals surface area contributed by atoms with E-state index in [9.17, 15) is 4.79 Å². The monoisotopic (exact) mass is 519 g/mol. The lowest BCUT2D eigenvalue weighted by Gasteiger charge is -2.38. The van der Waals surface area contributed by atoms with Crippen molar-refractivity contribution in [3.63, 3.8) is 0 Å². The highest BCUT2D eigenvalue weighted by Crippen LogP contribution is 2.28. The van der Waals surface area contributed by atoms with Crippen LogP contribution in [0.3, 0.4) is 0 Å². The first-order chi connectivity index (χ1) is 13.1. The molecule has 1 heterocycles. The molecular formula is C20H31ClIN5O. The van der Waals surface area contributed by atoms with Crippen LogP contribution >= 0.6 is 35.6 Å². The van der Waals surface area contributed by atoms with E-state index in [4.69, 9.17) is 16.6 Å². The van der Waals surface area contributed by atoms with E-state index in [0.29, 0.717) is 13.1 Å². The van der Waals surface area contributed by atoms with Gasteiger partial charge in [-0.2, -0.15) is 0 Å². The SMILES string of the molecule is CCNC(=NCCNC(=O)C1CC1)N1CCN(c2cc(Cl)ccc2C)CC1.I. The van der Waals surface area contributed by atoms with E-state index in [-0.39, 0.29) is 35.8 Å². The summed E-state index contributed by atoms with van der Waals surface area (Å²) in [5, 5.41) is 7.13. The molecule has 1 saturated heterocycles. The number of nitrogens with zero attached hydrogens (tertiary/aromatic N) is 3. The van der Waals surface area contributed by atoms with Gasteiger partial charge >= 0.3 is 0 Å². The third-order valence-corrected chi connectivity index (χ3v) is 5.28. The highest BCUT2D eigenvalue weighted by atomic mass is 127. The summed E-state index contributed by atoms with van der Waals surface area (Å²) in [5.74, 6) is 1.37. The molecule has 2 aliphatic rings. The average molecular weight is 520 g/mol. The van der Waals surface area contributed by atoms with Gasteiger partial charge in [-0.3, -0.25) is 9.79 Å². The van der Waals surface area contributed by atoms with Crippen LogP contribution < -0.4 is 15.5 Å². The first kappa shape index (κ1) is 23.1. The molecule has 0 radical (unpaired) electrons. The summed E-state index contributed by atoms with van der Waals surface area (Å²) in [6.45, 7) is 9.93. The number of guanidine groups is 1. The molecule has 3 rings (SSSR count). The van der Waals surface area contributed by atoms with Crippen LogP contribution in [0.15, 0.2) is 23.2 Å². The first-order valence-electron chi connectivity index (χ1n) is 9.90. The van der Waals surface area contributed by atoms with Gasteiger partial charge in [0.15, 0.2) is 5.96 Å². The minimum atomic E-state index is 0. The van der Waals surface area contributed by atoms with E-state index in [1.165, 1.54) is 11.3 Å². The molecule has 28 heavy (non-hydrogen) atoms. The van der Waals surface area contributed by atoms with E-state index in [0.717, 1.165) is 56.5 Å². The lowest BCUT2D eigenvalue weighted by molar-refractivity contribution is -0.122. The molecule has 156 valence electrons. The highest BCUT2D eigenvalue weighted by Gasteiger charge is 2.29. The first-order valence-corrected chi connectivity index (χ1v) is 10.3. The molecule has 1 aliphatic heterocycles. The Balaban J connectivity index is 0.00000280. The molecule has 0 aromatic heterocycles. The molecule has 2 fully saturated rings. The Hall–Kier alpha value is -1.22. The van der Waals surface area contributed by atoms with E-state index in [1.54, 1.807) is 0 Å². The Bertz CT molecular complexity index is 687. The van der Waals surface area contributed by atoms with Crippen molar-refractivity contribution in [2.24, 2.45) is 10.9 Å². The van der Waals surface area contributed by atoms with Crippen LogP contribution in [-0.2, 0) is 4.79 Å². The number of aliphatic imine (C=N–C) groups is 1. The van der Waals surface area contributed by atoms with Gasteiger partial charge in [0.05, 0.1) is 6.54 Å². The summed E-state index contributed by atoms with van der Waals surface area (Å²) in [5.41, 5.74) is 2.46. The summed E-state index contributed by atoms with van der Waals surface area (Å²) in [7, 11) is 0. The molecule has 0 atom stereocenters. The Morgan fingerprint density at radius 3 is 2.57 bits per heavy atom. The fourth-order valence-electron chi connectivity index (χ4n) is 3.34. The molecule has 1 amide bonds. The summed E-state index contributed by atoms with van der Waals surface area (Å²) in [6.07, 6.45) is 2.07. The second-order valence-corrected chi connectivity index (χ2v) is 7.64. The topological polar surface area (TPSA) is 60.0 Å². The zero-order valence-corrected chi connectivity index (χ0v) is 19.8. The Labute approximate surface area is 190 Å². The number of rotatable bonds is 6. The van der Waals surface area contributed by atoms with Gasteiger partial charge in [0.2, 0.25) is 5.91 Å². The lowest BCUT2D eigenvalue weighted by Crippen LogP contribution is -2.52. The van der Waals surface area contributed by atoms with Crippen molar-refractivity contribution >= 4 is 53.1 Å². The van der Waals surface area contributed by atoms with Crippen molar-refractivity contribution in [1.29, 1.82) is 0 Å². The number of aryl methyl sites for hydroxylation is 1. The van der Waals surface area contributed by atoms with Crippen LogP contribution in [0.5, 0.6) is 0 Å². The number of hydrogen-bond donors (Lipinski definition) is 2. The van der Waals surface area contributed by atoms with E-state index < -0.39 is 0 Å². The van der Waals surface area contributed by atoms with E-state index >= 15 is 0 Å². The van der Waals surface area contributed by atoms with Crippen LogP contribution in [0.25, 0.3) is 0 Å². The molecule has 1 aromatic rings. The van der Waals surface area contributed by atoms with Crippen LogP contribution in [-0.4, -0.2) is 62.6 Å². The predicted molar refractivity (Wildman–Crippen MR) is 127 cm³/mol. The van der Waals surface area contributed by atoms with Gasteiger partial charge in [-0.25, -0.2) is 0 Å². The second-order valence-electron chi connectivity index (χ2n) is 7.21. The third-order valence-electron chi connectivity index (χ3n) is 5.05. The van der Waals surface area contributed by atoms with Crippen molar-refractivity contribution in [2.45, 2.75) is 26.7 Å². The average Bonchev–Trinajstić information content (AvgIpc) is 3.51. The fourth-order valence-corrected chi connectivity index (χ4v) is 3.51. The van der Waals surface area contributed by atoms with Crippen LogP contribution in [0, 0.1) is 12.8 Å². The largest absolute Gasteiger partial charge is 0.368 e. The molecule has 1 aromatic carbocycles. The van der Waals surface area contributed by atoms with Crippen molar-refractivity contribution in [3.8, 4) is 0 Å². The Morgan fingerprint density at radius 2 is 1.93 bits per heavy atom. The molecule has 8 heteroatoms. The smallest absolute Gasteiger partial charge is 0.223 e. The molecule has 2 N–H and O–H groups in total. The highest BCUT2D eigenvalue weighted by molar-refractivity contribution is 14.0. The summed E-state index contributed by atoms with van der Waals surface area (Å²) in [4.78, 5) is 21.1. The van der Waals surface area contributed by atoms with Crippen molar-refractivity contribution in [3.05, 3.63) is 28.8 Å². The lowest BCUT2D eigenvalue weighted by atomic mass is 10.1. The molecule has 6 nitrogen and oxygen atoms in total. The number of carbonyl (C=O) groups is 1. The van der Waals surface area contributed by atoms with Gasteiger partial charge in [0, 0.05) is 55.9 Å². The van der Waals surface area contributed by atoms with Crippen LogP contribution in [0.4, 0.5) is 5.69 Å². The maximum atomic E-state index is 11.7. The maximum Gasteiger partial charge on any atom is 0.223 e. The van der Waals surface area contributed by atoms with Gasteiger partial charge in [0.25, 0.3) is 0 Å². The van der Waals surface area contributed by atoms with Gasteiger partial charge in [0.1, 0.15) is 0 Å². The number of carbonyl (C=O) groups excluding carboxylic acids is 1. The summed E-state index contributed by atoms with van der Waals surface area (Å²) < 4.78 is 0. The zero-order valence-electron chi connectivity index (χ0n) is 16.7. The number of piperazine rings is 1. The number of amides is 1. The zero-order chi connectivity index (χ0) is 19.2. The molecule has 0 bridgehead atoms. The normalized spacial score (nSPS) is 17.2. The van der Waals surface area contributed by atoms with Crippen molar-refractivity contribution in [2.75, 3.05) is 50.7 Å². The maximum absolute atomic E-state index is 11.7. The molecule has 1 saturated carbocycles. The van der Waals surface area contributed by atoms with Crippen molar-refractivity contribution < 1.29 is 4.79 Å². The quantitative estimate of drug-likeness (QED) is 0.263. The Morgan fingerprint density at radius 1 is 1.21 bits per heavy atom. The van der Waals surface area contributed by atoms with Crippen molar-refractivity contribution in [1.82, 2.24) is 15.5 Å². The molecule has 0 spiro atoms. The number of halogens is 2. The van der Waals surface area contributed by atoms with Gasteiger partial charge in [-0.1, -0.05) is 17.7 Å². The summed E-state index contributed by atoms with van der Waals surface area (Å²) in [6, 6.07) is 6.06. The molecule has 1 aliphatic carbocycles. The number of hydrogen-bond acceptors (Lipinski definition) is 3. The van der Waals surface area contributed by atoms with Gasteiger partial charge in [-0.15, -0.1) is 24.0 Å². The van der Waals surface area contributed by atoms with Gasteiger partial charge in [-0.05, 0) is 44.4 Å². The van der Waals surface area contributed by atoms with E-state index in [1.807, 2.05) is 12.1 Å². The molecule has 0 unspecified atom stereocenters. The minimum absolute atomic E-state index is 0. The van der Waals surface area contributed by atoms with Crippen LogP contribution in [0.2, 0.25) is 5.02 Å². The fraction of sp³-hybridized carbons (Fsp3) is 0.600. The summed E-state index contributed by atoms with van der Waals surface area (Å²) >= 11 is 6.18. The van der Waals surface area contributed by atoms with Crippen LogP contribution in [0.1, 0.15) is 25.3 Å². The second kappa shape index (κ2) is 11.1.